The van der Waals surface area contributed by atoms with E-state index in [1.165, 1.54) is 14.7 Å². The lowest BCUT2D eigenvalue weighted by atomic mass is 9.98. The van der Waals surface area contributed by atoms with Gasteiger partial charge in [-0.3, -0.25) is 4.79 Å². The average Bonchev–Trinajstić information content (AvgIpc) is 2.89. The molecule has 0 aliphatic carbocycles. The van der Waals surface area contributed by atoms with E-state index in [1.807, 2.05) is 62.4 Å². The SMILES string of the molecule is CC(C)(OC(=O)CCCOc1ccc([S+](c2ccccc2)c2ccccc2)cc1)c1ccc(I)cc1. The fraction of sp³-hybridized carbons (Fsp3) is 0.194. The van der Waals surface area contributed by atoms with Crippen LogP contribution in [0.5, 0.6) is 5.75 Å². The molecule has 0 amide bonds. The van der Waals surface area contributed by atoms with Crippen molar-refractivity contribution in [2.24, 2.45) is 0 Å². The van der Waals surface area contributed by atoms with Crippen molar-refractivity contribution >= 4 is 39.5 Å². The van der Waals surface area contributed by atoms with E-state index in [0.717, 1.165) is 14.9 Å². The van der Waals surface area contributed by atoms with Gasteiger partial charge in [0.25, 0.3) is 0 Å². The second kappa shape index (κ2) is 12.5. The first-order chi connectivity index (χ1) is 17.4. The number of benzene rings is 4. The van der Waals surface area contributed by atoms with Crippen LogP contribution in [-0.2, 0) is 26.0 Å². The second-order valence-electron chi connectivity index (χ2n) is 8.85. The van der Waals surface area contributed by atoms with E-state index < -0.39 is 5.60 Å². The molecule has 4 aromatic rings. The molecular formula is C31H30IO3S+. The molecule has 0 N–H and O–H groups in total. The van der Waals surface area contributed by atoms with E-state index >= 15 is 0 Å². The lowest BCUT2D eigenvalue weighted by Gasteiger charge is -2.25. The standard InChI is InChI=1S/C31H30IO3S/c1-31(2,24-15-17-25(32)18-16-24)35-30(33)14-9-23-34-26-19-21-29(22-20-26)36(27-10-5-3-6-11-27)28-12-7-4-8-13-28/h3-8,10-13,15-22H,9,14,23H2,1-2H3/q+1. The van der Waals surface area contributed by atoms with Gasteiger partial charge >= 0.3 is 5.97 Å². The molecule has 184 valence electrons. The number of hydrogen-bond donors (Lipinski definition) is 0. The Labute approximate surface area is 230 Å². The third kappa shape index (κ3) is 7.14. The summed E-state index contributed by atoms with van der Waals surface area (Å²) in [5.74, 6) is 0.586. The second-order valence-corrected chi connectivity index (χ2v) is 12.1. The van der Waals surface area contributed by atoms with E-state index in [9.17, 15) is 4.79 Å². The minimum Gasteiger partial charge on any atom is -0.494 e. The van der Waals surface area contributed by atoms with E-state index in [0.29, 0.717) is 19.4 Å². The van der Waals surface area contributed by atoms with E-state index in [2.05, 4.69) is 83.3 Å². The zero-order valence-corrected chi connectivity index (χ0v) is 23.5. The molecule has 0 saturated carbocycles. The quantitative estimate of drug-likeness (QED) is 0.0791. The first kappa shape index (κ1) is 26.3. The van der Waals surface area contributed by atoms with Gasteiger partial charge in [-0.15, -0.1) is 0 Å². The van der Waals surface area contributed by atoms with Gasteiger partial charge in [-0.1, -0.05) is 48.5 Å². The van der Waals surface area contributed by atoms with Crippen molar-refractivity contribution in [1.29, 1.82) is 0 Å². The monoisotopic (exact) mass is 609 g/mol. The van der Waals surface area contributed by atoms with Gasteiger partial charge in [-0.25, -0.2) is 0 Å². The van der Waals surface area contributed by atoms with Crippen LogP contribution in [0.1, 0.15) is 32.3 Å². The van der Waals surface area contributed by atoms with Crippen LogP contribution in [0, 0.1) is 3.57 Å². The van der Waals surface area contributed by atoms with Crippen LogP contribution in [0.25, 0.3) is 0 Å². The molecule has 0 saturated heterocycles. The average molecular weight is 610 g/mol. The van der Waals surface area contributed by atoms with Crippen LogP contribution in [0.3, 0.4) is 0 Å². The Morgan fingerprint density at radius 2 is 1.28 bits per heavy atom. The summed E-state index contributed by atoms with van der Waals surface area (Å²) in [7, 11) is -0.181. The Hall–Kier alpha value is -2.77. The van der Waals surface area contributed by atoms with Crippen molar-refractivity contribution in [2.45, 2.75) is 47.0 Å². The molecule has 0 unspecified atom stereocenters. The third-order valence-corrected chi connectivity index (χ3v) is 8.67. The predicted octanol–water partition coefficient (Wildman–Crippen LogP) is 8.02. The number of hydrogen-bond acceptors (Lipinski definition) is 3. The highest BCUT2D eigenvalue weighted by atomic mass is 127. The number of carbonyl (C=O) groups is 1. The van der Waals surface area contributed by atoms with Crippen molar-refractivity contribution in [3.63, 3.8) is 0 Å². The Balaban J connectivity index is 1.31. The molecule has 0 aromatic heterocycles. The summed E-state index contributed by atoms with van der Waals surface area (Å²) in [5.41, 5.74) is 0.324. The normalized spacial score (nSPS) is 11.3. The maximum Gasteiger partial charge on any atom is 0.306 e. The summed E-state index contributed by atoms with van der Waals surface area (Å²) in [6, 6.07) is 37.5. The molecule has 0 radical (unpaired) electrons. The molecular weight excluding hydrogens is 579 g/mol. The summed E-state index contributed by atoms with van der Waals surface area (Å²) in [4.78, 5) is 16.2. The van der Waals surface area contributed by atoms with Crippen LogP contribution in [-0.4, -0.2) is 12.6 Å². The molecule has 0 aliphatic heterocycles. The highest BCUT2D eigenvalue weighted by Gasteiger charge is 2.28. The summed E-state index contributed by atoms with van der Waals surface area (Å²) >= 11 is 2.27. The lowest BCUT2D eigenvalue weighted by Crippen LogP contribution is -2.25. The molecule has 0 spiro atoms. The van der Waals surface area contributed by atoms with E-state index in [-0.39, 0.29) is 16.9 Å². The zero-order valence-electron chi connectivity index (χ0n) is 20.5. The highest BCUT2D eigenvalue weighted by Crippen LogP contribution is 2.32. The summed E-state index contributed by atoms with van der Waals surface area (Å²) < 4.78 is 12.8. The van der Waals surface area contributed by atoms with Gasteiger partial charge in [-0.2, -0.15) is 0 Å². The molecule has 3 nitrogen and oxygen atoms in total. The van der Waals surface area contributed by atoms with Crippen LogP contribution >= 0.6 is 22.6 Å². The van der Waals surface area contributed by atoms with Crippen molar-refractivity contribution in [3.8, 4) is 5.75 Å². The Kier molecular flexibility index (Phi) is 9.10. The molecule has 0 atom stereocenters. The Bertz CT molecular complexity index is 1200. The number of carbonyl (C=O) groups excluding carboxylic acids is 1. The first-order valence-corrected chi connectivity index (χ1v) is 14.3. The van der Waals surface area contributed by atoms with Crippen LogP contribution in [0.15, 0.2) is 124 Å². The fourth-order valence-corrected chi connectivity index (χ4v) is 6.29. The highest BCUT2D eigenvalue weighted by molar-refractivity contribution is 14.1. The predicted molar refractivity (Wildman–Crippen MR) is 154 cm³/mol. The van der Waals surface area contributed by atoms with Gasteiger partial charge in [0.2, 0.25) is 0 Å². The molecule has 0 aliphatic rings. The molecule has 36 heavy (non-hydrogen) atoms. The van der Waals surface area contributed by atoms with Crippen LogP contribution in [0.2, 0.25) is 0 Å². The summed E-state index contributed by atoms with van der Waals surface area (Å²) in [6.45, 7) is 4.30. The van der Waals surface area contributed by atoms with Gasteiger partial charge in [0.15, 0.2) is 14.7 Å². The van der Waals surface area contributed by atoms with Crippen molar-refractivity contribution in [2.75, 3.05) is 6.61 Å². The molecule has 4 rings (SSSR count). The van der Waals surface area contributed by atoms with Crippen LogP contribution in [0.4, 0.5) is 0 Å². The van der Waals surface area contributed by atoms with Gasteiger partial charge in [0.05, 0.1) is 17.5 Å². The van der Waals surface area contributed by atoms with Crippen molar-refractivity contribution < 1.29 is 14.3 Å². The Morgan fingerprint density at radius 3 is 1.83 bits per heavy atom. The van der Waals surface area contributed by atoms with Gasteiger partial charge < -0.3 is 9.47 Å². The largest absolute Gasteiger partial charge is 0.494 e. The first-order valence-electron chi connectivity index (χ1n) is 12.0. The third-order valence-electron chi connectivity index (χ3n) is 5.72. The van der Waals surface area contributed by atoms with E-state index in [4.69, 9.17) is 9.47 Å². The molecule has 0 heterocycles. The molecule has 4 aromatic carbocycles. The zero-order chi connectivity index (χ0) is 25.4. The minimum atomic E-state index is -0.660. The van der Waals surface area contributed by atoms with Gasteiger partial charge in [0.1, 0.15) is 11.4 Å². The Morgan fingerprint density at radius 1 is 0.750 bits per heavy atom. The van der Waals surface area contributed by atoms with E-state index in [1.54, 1.807) is 0 Å². The summed E-state index contributed by atoms with van der Waals surface area (Å²) in [6.07, 6.45) is 0.916. The fourth-order valence-electron chi connectivity index (χ4n) is 3.85. The number of ether oxygens (including phenoxy) is 2. The number of halogens is 1. The van der Waals surface area contributed by atoms with Crippen molar-refractivity contribution in [1.82, 2.24) is 0 Å². The maximum atomic E-state index is 12.4. The number of esters is 1. The molecule has 0 bridgehead atoms. The minimum absolute atomic E-state index is 0.181. The topological polar surface area (TPSA) is 35.5 Å². The summed E-state index contributed by atoms with van der Waals surface area (Å²) in [5, 5.41) is 0. The van der Waals surface area contributed by atoms with Gasteiger partial charge in [-0.05, 0) is 109 Å². The number of rotatable bonds is 10. The molecule has 0 fully saturated rings. The molecule has 5 heteroatoms. The lowest BCUT2D eigenvalue weighted by molar-refractivity contribution is -0.157. The van der Waals surface area contributed by atoms with Crippen molar-refractivity contribution in [3.05, 3.63) is 118 Å². The van der Waals surface area contributed by atoms with Gasteiger partial charge in [0, 0.05) is 9.99 Å². The maximum absolute atomic E-state index is 12.4. The van der Waals surface area contributed by atoms with Crippen LogP contribution < -0.4 is 4.74 Å². The smallest absolute Gasteiger partial charge is 0.306 e.